The van der Waals surface area contributed by atoms with Crippen LogP contribution < -0.4 is 10.2 Å². The second-order valence-corrected chi connectivity index (χ2v) is 9.23. The largest absolute Gasteiger partial charge is 0.416 e. The highest BCUT2D eigenvalue weighted by atomic mass is 19.4. The molecule has 8 heteroatoms. The van der Waals surface area contributed by atoms with E-state index in [0.717, 1.165) is 55.5 Å². The maximum absolute atomic E-state index is 13.0. The second kappa shape index (κ2) is 9.79. The molecule has 1 amide bonds. The van der Waals surface area contributed by atoms with Crippen LogP contribution in [-0.2, 0) is 6.18 Å². The Morgan fingerprint density at radius 2 is 1.79 bits per heavy atom. The van der Waals surface area contributed by atoms with Gasteiger partial charge in [-0.3, -0.25) is 9.69 Å². The van der Waals surface area contributed by atoms with Gasteiger partial charge in [0.2, 0.25) is 0 Å². The van der Waals surface area contributed by atoms with Crippen molar-refractivity contribution in [1.82, 2.24) is 14.8 Å². The minimum absolute atomic E-state index is 0.00435. The molecule has 2 aliphatic rings. The first kappa shape index (κ1) is 23.7. The molecule has 1 N–H and O–H groups in total. The van der Waals surface area contributed by atoms with E-state index in [1.165, 1.54) is 25.0 Å². The van der Waals surface area contributed by atoms with Crippen molar-refractivity contribution in [2.45, 2.75) is 51.7 Å². The topological polar surface area (TPSA) is 40.5 Å². The van der Waals surface area contributed by atoms with Crippen molar-refractivity contribution in [2.75, 3.05) is 44.2 Å². The quantitative estimate of drug-likeness (QED) is 0.574. The third-order valence-corrected chi connectivity index (χ3v) is 6.74. The van der Waals surface area contributed by atoms with Gasteiger partial charge in [0.1, 0.15) is 0 Å². The number of unbranched alkanes of at least 4 members (excludes halogenated alkanes) is 1. The van der Waals surface area contributed by atoms with Crippen LogP contribution in [0.15, 0.2) is 30.3 Å². The summed E-state index contributed by atoms with van der Waals surface area (Å²) in [4.78, 5) is 16.9. The number of carbonyl (C=O) groups is 1. The summed E-state index contributed by atoms with van der Waals surface area (Å²) in [6.45, 7) is 8.77. The van der Waals surface area contributed by atoms with Crippen LogP contribution in [0.2, 0.25) is 0 Å². The predicted molar refractivity (Wildman–Crippen MR) is 124 cm³/mol. The van der Waals surface area contributed by atoms with E-state index in [-0.39, 0.29) is 5.91 Å². The van der Waals surface area contributed by atoms with Crippen molar-refractivity contribution in [2.24, 2.45) is 0 Å². The van der Waals surface area contributed by atoms with Gasteiger partial charge in [0.05, 0.1) is 11.1 Å². The SMILES string of the molecule is Cc1cc(C(=O)NCCCCN2CCN(c3cccc(C(F)(F)F)c3)CC2)c(C)n1C1CC1. The zero-order valence-corrected chi connectivity index (χ0v) is 19.4. The zero-order valence-electron chi connectivity index (χ0n) is 19.4. The molecule has 1 saturated heterocycles. The number of anilines is 1. The smallest absolute Gasteiger partial charge is 0.369 e. The third-order valence-electron chi connectivity index (χ3n) is 6.74. The van der Waals surface area contributed by atoms with Crippen LogP contribution in [0.5, 0.6) is 0 Å². The number of hydrogen-bond donors (Lipinski definition) is 1. The van der Waals surface area contributed by atoms with Crippen LogP contribution in [-0.4, -0.2) is 54.6 Å². The van der Waals surface area contributed by atoms with E-state index in [4.69, 9.17) is 0 Å². The lowest BCUT2D eigenvalue weighted by Crippen LogP contribution is -2.46. The molecule has 180 valence electrons. The molecule has 1 aliphatic carbocycles. The predicted octanol–water partition coefficient (Wildman–Crippen LogP) is 4.79. The molecule has 1 aromatic heterocycles. The standard InChI is InChI=1S/C25H33F3N4O/c1-18-16-23(19(2)32(18)21-8-9-21)24(33)29-10-3-4-11-30-12-14-31(15-13-30)22-7-5-6-20(17-22)25(26,27)28/h5-7,16-17,21H,3-4,8-15H2,1-2H3,(H,29,33). The molecule has 1 saturated carbocycles. The number of nitrogens with one attached hydrogen (secondary N) is 1. The minimum atomic E-state index is -4.31. The van der Waals surface area contributed by atoms with Crippen LogP contribution in [0, 0.1) is 13.8 Å². The number of piperazine rings is 1. The monoisotopic (exact) mass is 462 g/mol. The molecular formula is C25H33F3N4O. The first-order chi connectivity index (χ1) is 15.7. The van der Waals surface area contributed by atoms with Crippen LogP contribution in [0.3, 0.4) is 0 Å². The second-order valence-electron chi connectivity index (χ2n) is 9.23. The Bertz CT molecular complexity index is 973. The van der Waals surface area contributed by atoms with Crippen molar-refractivity contribution in [3.63, 3.8) is 0 Å². The first-order valence-electron chi connectivity index (χ1n) is 11.8. The summed E-state index contributed by atoms with van der Waals surface area (Å²) in [6.07, 6.45) is -0.0326. The van der Waals surface area contributed by atoms with Gasteiger partial charge in [0, 0.05) is 55.8 Å². The number of amides is 1. The fraction of sp³-hybridized carbons (Fsp3) is 0.560. The highest BCUT2D eigenvalue weighted by molar-refractivity contribution is 5.95. The Morgan fingerprint density at radius 3 is 2.45 bits per heavy atom. The van der Waals surface area contributed by atoms with E-state index >= 15 is 0 Å². The number of hydrogen-bond acceptors (Lipinski definition) is 3. The summed E-state index contributed by atoms with van der Waals surface area (Å²) in [5.74, 6) is 0.00435. The number of benzene rings is 1. The third kappa shape index (κ3) is 5.72. The maximum atomic E-state index is 13.0. The number of alkyl halides is 3. The molecule has 1 aliphatic heterocycles. The number of carbonyl (C=O) groups excluding carboxylic acids is 1. The molecule has 0 unspecified atom stereocenters. The van der Waals surface area contributed by atoms with Gasteiger partial charge >= 0.3 is 6.18 Å². The van der Waals surface area contributed by atoms with Crippen molar-refractivity contribution >= 4 is 11.6 Å². The molecule has 2 heterocycles. The van der Waals surface area contributed by atoms with Gasteiger partial charge in [0.15, 0.2) is 0 Å². The molecule has 4 rings (SSSR count). The van der Waals surface area contributed by atoms with Gasteiger partial charge in [-0.15, -0.1) is 0 Å². The van der Waals surface area contributed by atoms with Gasteiger partial charge < -0.3 is 14.8 Å². The van der Waals surface area contributed by atoms with E-state index in [1.54, 1.807) is 6.07 Å². The summed E-state index contributed by atoms with van der Waals surface area (Å²) < 4.78 is 41.2. The van der Waals surface area contributed by atoms with Gasteiger partial charge in [-0.1, -0.05) is 6.07 Å². The fourth-order valence-electron chi connectivity index (χ4n) is 4.77. The number of nitrogens with zero attached hydrogens (tertiary/aromatic N) is 3. The fourth-order valence-corrected chi connectivity index (χ4v) is 4.77. The summed E-state index contributed by atoms with van der Waals surface area (Å²) in [5.41, 5.74) is 3.04. The van der Waals surface area contributed by atoms with Crippen LogP contribution in [0.1, 0.15) is 59.0 Å². The Morgan fingerprint density at radius 1 is 1.06 bits per heavy atom. The lowest BCUT2D eigenvalue weighted by atomic mass is 10.1. The average Bonchev–Trinajstić information content (AvgIpc) is 3.57. The van der Waals surface area contributed by atoms with Crippen molar-refractivity contribution < 1.29 is 18.0 Å². The zero-order chi connectivity index (χ0) is 23.6. The Labute approximate surface area is 193 Å². The lowest BCUT2D eigenvalue weighted by molar-refractivity contribution is -0.137. The Kier molecular flexibility index (Phi) is 7.02. The molecule has 0 bridgehead atoms. The highest BCUT2D eigenvalue weighted by Crippen LogP contribution is 2.38. The highest BCUT2D eigenvalue weighted by Gasteiger charge is 2.31. The van der Waals surface area contributed by atoms with E-state index < -0.39 is 11.7 Å². The van der Waals surface area contributed by atoms with Crippen LogP contribution in [0.25, 0.3) is 0 Å². The number of halogens is 3. The van der Waals surface area contributed by atoms with Gasteiger partial charge in [-0.2, -0.15) is 13.2 Å². The average molecular weight is 463 g/mol. The normalized spacial score (nSPS) is 17.4. The molecule has 33 heavy (non-hydrogen) atoms. The van der Waals surface area contributed by atoms with E-state index in [1.807, 2.05) is 17.9 Å². The van der Waals surface area contributed by atoms with Crippen LogP contribution >= 0.6 is 0 Å². The molecule has 2 aromatic rings. The molecule has 0 spiro atoms. The molecular weight excluding hydrogens is 429 g/mol. The van der Waals surface area contributed by atoms with E-state index in [2.05, 4.69) is 21.7 Å². The maximum Gasteiger partial charge on any atom is 0.416 e. The van der Waals surface area contributed by atoms with Gasteiger partial charge in [-0.25, -0.2) is 0 Å². The van der Waals surface area contributed by atoms with Crippen molar-refractivity contribution in [3.05, 3.63) is 52.8 Å². The summed E-state index contributed by atoms with van der Waals surface area (Å²) >= 11 is 0. The molecule has 0 atom stereocenters. The van der Waals surface area contributed by atoms with E-state index in [0.29, 0.717) is 31.4 Å². The number of aromatic nitrogens is 1. The van der Waals surface area contributed by atoms with Crippen molar-refractivity contribution in [3.8, 4) is 0 Å². The summed E-state index contributed by atoms with van der Waals surface area (Å²) in [7, 11) is 0. The van der Waals surface area contributed by atoms with Crippen LogP contribution in [0.4, 0.5) is 18.9 Å². The Hall–Kier alpha value is -2.48. The van der Waals surface area contributed by atoms with E-state index in [9.17, 15) is 18.0 Å². The number of aryl methyl sites for hydroxylation is 1. The Balaban J connectivity index is 1.16. The lowest BCUT2D eigenvalue weighted by Gasteiger charge is -2.36. The molecule has 0 radical (unpaired) electrons. The minimum Gasteiger partial charge on any atom is -0.369 e. The van der Waals surface area contributed by atoms with Crippen molar-refractivity contribution in [1.29, 1.82) is 0 Å². The van der Waals surface area contributed by atoms with Gasteiger partial charge in [-0.05, 0) is 70.3 Å². The summed E-state index contributed by atoms with van der Waals surface area (Å²) in [5, 5.41) is 3.05. The molecule has 5 nitrogen and oxygen atoms in total. The molecule has 1 aromatic carbocycles. The van der Waals surface area contributed by atoms with Gasteiger partial charge in [0.25, 0.3) is 5.91 Å². The molecule has 2 fully saturated rings. The number of rotatable bonds is 8. The first-order valence-corrected chi connectivity index (χ1v) is 11.8. The summed E-state index contributed by atoms with van der Waals surface area (Å²) in [6, 6.07) is 8.13.